The third-order valence-corrected chi connectivity index (χ3v) is 7.86. The van der Waals surface area contributed by atoms with E-state index in [1.54, 1.807) is 37.3 Å². The number of hydrogen-bond acceptors (Lipinski definition) is 11. The van der Waals surface area contributed by atoms with E-state index in [1.807, 2.05) is 0 Å². The first-order chi connectivity index (χ1) is 17.7. The lowest BCUT2D eigenvalue weighted by molar-refractivity contribution is 0.165. The fourth-order valence-corrected chi connectivity index (χ4v) is 5.04. The number of aryl methyl sites for hydroxylation is 1. The number of hydrogen-bond donors (Lipinski definition) is 1. The fourth-order valence-electron chi connectivity index (χ4n) is 3.71. The van der Waals surface area contributed by atoms with E-state index in [0.29, 0.717) is 34.5 Å². The van der Waals surface area contributed by atoms with Crippen molar-refractivity contribution in [3.63, 3.8) is 0 Å². The fraction of sp³-hybridized carbons (Fsp3) is 0.333. The molecule has 0 bridgehead atoms. The van der Waals surface area contributed by atoms with Crippen LogP contribution in [-0.2, 0) is 15.6 Å². The van der Waals surface area contributed by atoms with Crippen LogP contribution in [0.2, 0.25) is 0 Å². The van der Waals surface area contributed by atoms with E-state index in [-0.39, 0.29) is 17.5 Å². The predicted molar refractivity (Wildman–Crippen MR) is 133 cm³/mol. The maximum Gasteiger partial charge on any atom is 0.204 e. The summed E-state index contributed by atoms with van der Waals surface area (Å²) in [5.41, 5.74) is 0.401. The molecule has 3 aromatic heterocycles. The highest BCUT2D eigenvalue weighted by molar-refractivity contribution is 7.91. The molecule has 0 amide bonds. The highest BCUT2D eigenvalue weighted by Crippen LogP contribution is 2.37. The molecule has 0 aliphatic carbocycles. The second-order valence-electron chi connectivity index (χ2n) is 8.13. The van der Waals surface area contributed by atoms with E-state index in [4.69, 9.17) is 18.6 Å². The molecule has 0 unspecified atom stereocenters. The molecule has 13 heteroatoms. The van der Waals surface area contributed by atoms with E-state index in [2.05, 4.69) is 20.2 Å². The number of sulfone groups is 1. The summed E-state index contributed by atoms with van der Waals surface area (Å²) in [7, 11) is 0.423. The van der Waals surface area contributed by atoms with Crippen LogP contribution in [0.25, 0.3) is 17.3 Å². The first kappa shape index (κ1) is 26.1. The SMILES string of the molecule is COc1cnc([C@@H](O)[C@H](C)S(=O)(=O)Cc2nnc(-c3ccc(C)o3)n2-c2c(OC)cccc2OC)nc1. The van der Waals surface area contributed by atoms with Gasteiger partial charge in [0.15, 0.2) is 33.0 Å². The van der Waals surface area contributed by atoms with Gasteiger partial charge in [-0.3, -0.25) is 4.57 Å². The zero-order valence-corrected chi connectivity index (χ0v) is 21.8. The molecule has 0 spiro atoms. The number of furan rings is 1. The molecule has 0 saturated carbocycles. The average Bonchev–Trinajstić information content (AvgIpc) is 3.52. The van der Waals surface area contributed by atoms with Crippen molar-refractivity contribution in [1.29, 1.82) is 0 Å². The predicted octanol–water partition coefficient (Wildman–Crippen LogP) is 2.69. The van der Waals surface area contributed by atoms with Gasteiger partial charge < -0.3 is 23.7 Å². The Bertz CT molecular complexity index is 1460. The Balaban J connectivity index is 1.79. The topological polar surface area (TPSA) is 152 Å². The largest absolute Gasteiger partial charge is 0.494 e. The summed E-state index contributed by atoms with van der Waals surface area (Å²) in [5.74, 6) is 1.93. The summed E-state index contributed by atoms with van der Waals surface area (Å²) in [6, 6.07) is 8.63. The Kier molecular flexibility index (Phi) is 7.45. The smallest absolute Gasteiger partial charge is 0.204 e. The van der Waals surface area contributed by atoms with Crippen molar-refractivity contribution in [3.8, 4) is 34.5 Å². The van der Waals surface area contributed by atoms with Crippen LogP contribution in [0.5, 0.6) is 17.2 Å². The maximum atomic E-state index is 13.5. The van der Waals surface area contributed by atoms with Crippen molar-refractivity contribution in [1.82, 2.24) is 24.7 Å². The molecule has 3 heterocycles. The quantitative estimate of drug-likeness (QED) is 0.323. The van der Waals surface area contributed by atoms with Gasteiger partial charge in [0.2, 0.25) is 5.82 Å². The standard InChI is InChI=1S/C24H27N5O7S/c1-14-9-10-19(36-14)24-28-27-20(29(24)21-17(34-4)7-6-8-18(21)35-5)13-37(31,32)15(2)22(30)23-25-11-16(33-3)12-26-23/h6-12,15,22,30H,13H2,1-5H3/t15-,22-/m0/s1. The number of aliphatic hydroxyl groups is 1. The molecule has 4 aromatic rings. The second-order valence-corrected chi connectivity index (χ2v) is 10.5. The molecule has 0 aliphatic rings. The average molecular weight is 530 g/mol. The summed E-state index contributed by atoms with van der Waals surface area (Å²) in [5, 5.41) is 17.9. The number of benzene rings is 1. The molecular formula is C24H27N5O7S. The minimum atomic E-state index is -4.01. The molecule has 1 N–H and O–H groups in total. The van der Waals surface area contributed by atoms with Crippen molar-refractivity contribution >= 4 is 9.84 Å². The Morgan fingerprint density at radius 2 is 1.65 bits per heavy atom. The van der Waals surface area contributed by atoms with Gasteiger partial charge in [-0.15, -0.1) is 10.2 Å². The molecule has 196 valence electrons. The Morgan fingerprint density at radius 3 is 2.19 bits per heavy atom. The number of nitrogens with zero attached hydrogens (tertiary/aromatic N) is 5. The van der Waals surface area contributed by atoms with Gasteiger partial charge in [0, 0.05) is 0 Å². The van der Waals surface area contributed by atoms with Crippen LogP contribution in [-0.4, -0.2) is 64.8 Å². The van der Waals surface area contributed by atoms with Gasteiger partial charge >= 0.3 is 0 Å². The summed E-state index contributed by atoms with van der Waals surface area (Å²) < 4.78 is 50.4. The highest BCUT2D eigenvalue weighted by atomic mass is 32.2. The maximum absolute atomic E-state index is 13.5. The van der Waals surface area contributed by atoms with E-state index in [0.717, 1.165) is 0 Å². The van der Waals surface area contributed by atoms with Crippen molar-refractivity contribution in [3.05, 3.63) is 60.1 Å². The summed E-state index contributed by atoms with van der Waals surface area (Å²) in [4.78, 5) is 8.04. The van der Waals surface area contributed by atoms with Crippen LogP contribution in [0.4, 0.5) is 0 Å². The van der Waals surface area contributed by atoms with Crippen LogP contribution in [0.15, 0.2) is 47.1 Å². The molecule has 1 aromatic carbocycles. The molecule has 0 aliphatic heterocycles. The highest BCUT2D eigenvalue weighted by Gasteiger charge is 2.34. The van der Waals surface area contributed by atoms with Crippen molar-refractivity contribution in [2.45, 2.75) is 31.0 Å². The zero-order valence-electron chi connectivity index (χ0n) is 20.9. The van der Waals surface area contributed by atoms with E-state index >= 15 is 0 Å². The van der Waals surface area contributed by atoms with E-state index < -0.39 is 26.9 Å². The molecule has 4 rings (SSSR count). The van der Waals surface area contributed by atoms with Crippen molar-refractivity contribution in [2.24, 2.45) is 0 Å². The zero-order chi connectivity index (χ0) is 26.7. The van der Waals surface area contributed by atoms with Crippen LogP contribution in [0.1, 0.15) is 30.4 Å². The number of aromatic nitrogens is 5. The lowest BCUT2D eigenvalue weighted by Crippen LogP contribution is -2.29. The van der Waals surface area contributed by atoms with Gasteiger partial charge in [-0.2, -0.15) is 0 Å². The second kappa shape index (κ2) is 10.6. The summed E-state index contributed by atoms with van der Waals surface area (Å²) in [6.45, 7) is 3.17. The molecule has 2 atom stereocenters. The van der Waals surface area contributed by atoms with E-state index in [9.17, 15) is 13.5 Å². The lowest BCUT2D eigenvalue weighted by Gasteiger charge is -2.20. The van der Waals surface area contributed by atoms with Crippen LogP contribution in [0.3, 0.4) is 0 Å². The summed E-state index contributed by atoms with van der Waals surface area (Å²) in [6.07, 6.45) is 1.22. The lowest BCUT2D eigenvalue weighted by atomic mass is 10.2. The summed E-state index contributed by atoms with van der Waals surface area (Å²) >= 11 is 0. The normalized spacial score (nSPS) is 13.2. The number of methoxy groups -OCH3 is 3. The molecule has 37 heavy (non-hydrogen) atoms. The molecule has 0 radical (unpaired) electrons. The van der Waals surface area contributed by atoms with Crippen molar-refractivity contribution < 1.29 is 32.2 Å². The first-order valence-electron chi connectivity index (χ1n) is 11.2. The van der Waals surface area contributed by atoms with E-state index in [1.165, 1.54) is 45.2 Å². The monoisotopic (exact) mass is 529 g/mol. The number of para-hydroxylation sites is 1. The Hall–Kier alpha value is -3.97. The first-order valence-corrected chi connectivity index (χ1v) is 12.9. The Labute approximate surface area is 213 Å². The molecule has 12 nitrogen and oxygen atoms in total. The van der Waals surface area contributed by atoms with Crippen LogP contribution in [0, 0.1) is 6.92 Å². The minimum Gasteiger partial charge on any atom is -0.494 e. The Morgan fingerprint density at radius 1 is 1.00 bits per heavy atom. The number of ether oxygens (including phenoxy) is 3. The van der Waals surface area contributed by atoms with Crippen molar-refractivity contribution in [2.75, 3.05) is 21.3 Å². The third kappa shape index (κ3) is 5.13. The third-order valence-electron chi connectivity index (χ3n) is 5.81. The van der Waals surface area contributed by atoms with Gasteiger partial charge in [-0.25, -0.2) is 18.4 Å². The van der Waals surface area contributed by atoms with Gasteiger partial charge in [0.25, 0.3) is 0 Å². The minimum absolute atomic E-state index is 0.0449. The van der Waals surface area contributed by atoms with Gasteiger partial charge in [0.1, 0.15) is 34.8 Å². The number of aliphatic hydroxyl groups excluding tert-OH is 1. The van der Waals surface area contributed by atoms with Gasteiger partial charge in [-0.1, -0.05) is 6.07 Å². The molecular weight excluding hydrogens is 502 g/mol. The molecule has 0 fully saturated rings. The molecule has 0 saturated heterocycles. The number of rotatable bonds is 10. The van der Waals surface area contributed by atoms with Crippen LogP contribution < -0.4 is 14.2 Å². The van der Waals surface area contributed by atoms with Crippen LogP contribution >= 0.6 is 0 Å². The van der Waals surface area contributed by atoms with Gasteiger partial charge in [0.05, 0.1) is 39.0 Å². The van der Waals surface area contributed by atoms with Gasteiger partial charge in [-0.05, 0) is 38.1 Å².